The number of thioether (sulfide) groups is 1. The molecule has 0 saturated heterocycles. The normalized spacial score (nSPS) is 21.8. The van der Waals surface area contributed by atoms with Crippen LogP contribution in [0.2, 0.25) is 0 Å². The van der Waals surface area contributed by atoms with E-state index in [0.717, 1.165) is 18.6 Å². The molecule has 1 fully saturated rings. The van der Waals surface area contributed by atoms with Crippen LogP contribution < -0.4 is 5.73 Å². The van der Waals surface area contributed by atoms with Gasteiger partial charge in [0.15, 0.2) is 0 Å². The highest BCUT2D eigenvalue weighted by Gasteiger charge is 2.47. The zero-order valence-corrected chi connectivity index (χ0v) is 8.06. The number of nitrogens with two attached hydrogens (primary N) is 1. The molecule has 70 valence electrons. The molecule has 0 amide bonds. The molecule has 0 aliphatic heterocycles. The van der Waals surface area contributed by atoms with Crippen molar-refractivity contribution in [3.63, 3.8) is 0 Å². The zero-order valence-electron chi connectivity index (χ0n) is 7.25. The van der Waals surface area contributed by atoms with Crippen LogP contribution >= 0.6 is 11.8 Å². The molecule has 1 rings (SSSR count). The van der Waals surface area contributed by atoms with Crippen molar-refractivity contribution in [2.75, 3.05) is 12.3 Å². The molecule has 1 unspecified atom stereocenters. The lowest BCUT2D eigenvalue weighted by Crippen LogP contribution is -2.34. The standard InChI is InChI=1S/C8H15NO2S/c1-8(7(10)11,6-2-3-6)12-5-4-9/h6H,2-5,9H2,1H3,(H,10,11). The molecule has 0 aromatic carbocycles. The molecule has 1 aliphatic carbocycles. The lowest BCUT2D eigenvalue weighted by Gasteiger charge is -2.23. The monoisotopic (exact) mass is 189 g/mol. The predicted octanol–water partition coefficient (Wildman–Crippen LogP) is 0.932. The summed E-state index contributed by atoms with van der Waals surface area (Å²) < 4.78 is -0.584. The van der Waals surface area contributed by atoms with E-state index in [2.05, 4.69) is 0 Å². The van der Waals surface area contributed by atoms with Crippen molar-refractivity contribution < 1.29 is 9.90 Å². The molecule has 0 aromatic rings. The van der Waals surface area contributed by atoms with Crippen molar-refractivity contribution in [1.82, 2.24) is 0 Å². The van der Waals surface area contributed by atoms with Crippen LogP contribution in [0.5, 0.6) is 0 Å². The van der Waals surface area contributed by atoms with Crippen molar-refractivity contribution in [2.45, 2.75) is 24.5 Å². The van der Waals surface area contributed by atoms with Crippen LogP contribution in [0.1, 0.15) is 19.8 Å². The van der Waals surface area contributed by atoms with Gasteiger partial charge in [-0.15, -0.1) is 11.8 Å². The summed E-state index contributed by atoms with van der Waals surface area (Å²) in [6.07, 6.45) is 2.11. The molecule has 3 N–H and O–H groups in total. The Morgan fingerprint density at radius 3 is 2.67 bits per heavy atom. The maximum Gasteiger partial charge on any atom is 0.319 e. The Morgan fingerprint density at radius 2 is 2.33 bits per heavy atom. The van der Waals surface area contributed by atoms with E-state index in [-0.39, 0.29) is 0 Å². The highest BCUT2D eigenvalue weighted by molar-refractivity contribution is 8.01. The largest absolute Gasteiger partial charge is 0.480 e. The van der Waals surface area contributed by atoms with Crippen LogP contribution in [-0.4, -0.2) is 28.1 Å². The minimum atomic E-state index is -0.691. The fourth-order valence-electron chi connectivity index (χ4n) is 1.26. The summed E-state index contributed by atoms with van der Waals surface area (Å²) >= 11 is 1.48. The summed E-state index contributed by atoms with van der Waals surface area (Å²) in [4.78, 5) is 10.9. The van der Waals surface area contributed by atoms with Gasteiger partial charge in [-0.05, 0) is 25.7 Å². The molecule has 4 heteroatoms. The third-order valence-corrected chi connectivity index (χ3v) is 3.85. The van der Waals surface area contributed by atoms with Gasteiger partial charge in [0.25, 0.3) is 0 Å². The lowest BCUT2D eigenvalue weighted by atomic mass is 10.1. The highest BCUT2D eigenvalue weighted by Crippen LogP contribution is 2.47. The fourth-order valence-corrected chi connectivity index (χ4v) is 2.40. The molecule has 12 heavy (non-hydrogen) atoms. The van der Waals surface area contributed by atoms with Gasteiger partial charge in [-0.2, -0.15) is 0 Å². The summed E-state index contributed by atoms with van der Waals surface area (Å²) in [6, 6.07) is 0. The van der Waals surface area contributed by atoms with Crippen molar-refractivity contribution >= 4 is 17.7 Å². The third kappa shape index (κ3) is 1.93. The third-order valence-electron chi connectivity index (χ3n) is 2.30. The summed E-state index contributed by atoms with van der Waals surface area (Å²) in [7, 11) is 0. The lowest BCUT2D eigenvalue weighted by molar-refractivity contribution is -0.139. The van der Waals surface area contributed by atoms with E-state index in [1.807, 2.05) is 6.92 Å². The van der Waals surface area contributed by atoms with E-state index in [0.29, 0.717) is 12.5 Å². The van der Waals surface area contributed by atoms with Gasteiger partial charge in [0, 0.05) is 12.3 Å². The Bertz CT molecular complexity index is 182. The van der Waals surface area contributed by atoms with Crippen LogP contribution in [0, 0.1) is 5.92 Å². The van der Waals surface area contributed by atoms with Crippen LogP contribution in [0.25, 0.3) is 0 Å². The SMILES string of the molecule is CC(SCCN)(C(=O)O)C1CC1. The van der Waals surface area contributed by atoms with Gasteiger partial charge in [-0.1, -0.05) is 0 Å². The Morgan fingerprint density at radius 1 is 1.75 bits per heavy atom. The summed E-state index contributed by atoms with van der Waals surface area (Å²) in [5, 5.41) is 9.01. The molecular formula is C8H15NO2S. The molecule has 0 bridgehead atoms. The fraction of sp³-hybridized carbons (Fsp3) is 0.875. The van der Waals surface area contributed by atoms with Gasteiger partial charge in [0.2, 0.25) is 0 Å². The number of rotatable bonds is 5. The molecule has 0 aromatic heterocycles. The van der Waals surface area contributed by atoms with E-state index < -0.39 is 10.7 Å². The minimum absolute atomic E-state index is 0.367. The number of aliphatic carboxylic acids is 1. The second kappa shape index (κ2) is 3.66. The van der Waals surface area contributed by atoms with Crippen molar-refractivity contribution in [2.24, 2.45) is 11.7 Å². The highest BCUT2D eigenvalue weighted by atomic mass is 32.2. The Balaban J connectivity index is 2.52. The van der Waals surface area contributed by atoms with Crippen molar-refractivity contribution in [3.05, 3.63) is 0 Å². The van der Waals surface area contributed by atoms with E-state index in [1.165, 1.54) is 11.8 Å². The van der Waals surface area contributed by atoms with E-state index >= 15 is 0 Å². The van der Waals surface area contributed by atoms with Gasteiger partial charge >= 0.3 is 5.97 Å². The smallest absolute Gasteiger partial charge is 0.319 e. The maximum atomic E-state index is 10.9. The first-order chi connectivity index (χ1) is 5.61. The topological polar surface area (TPSA) is 63.3 Å². The van der Waals surface area contributed by atoms with Crippen LogP contribution in [-0.2, 0) is 4.79 Å². The number of carbonyl (C=O) groups is 1. The van der Waals surface area contributed by atoms with Gasteiger partial charge in [0.1, 0.15) is 4.75 Å². The van der Waals surface area contributed by atoms with E-state index in [4.69, 9.17) is 10.8 Å². The minimum Gasteiger partial charge on any atom is -0.480 e. The number of hydrogen-bond acceptors (Lipinski definition) is 3. The van der Waals surface area contributed by atoms with Crippen molar-refractivity contribution in [3.8, 4) is 0 Å². The molecule has 0 heterocycles. The molecule has 0 spiro atoms. The van der Waals surface area contributed by atoms with E-state index in [1.54, 1.807) is 0 Å². The molecule has 3 nitrogen and oxygen atoms in total. The first-order valence-corrected chi connectivity index (χ1v) is 5.17. The van der Waals surface area contributed by atoms with Gasteiger partial charge in [0.05, 0.1) is 0 Å². The summed E-state index contributed by atoms with van der Waals surface area (Å²) in [5.74, 6) is 0.411. The molecule has 0 radical (unpaired) electrons. The molecule has 1 saturated carbocycles. The average Bonchev–Trinajstić information content (AvgIpc) is 2.82. The maximum absolute atomic E-state index is 10.9. The molecular weight excluding hydrogens is 174 g/mol. The number of carboxylic acids is 1. The Kier molecular flexibility index (Phi) is 3.01. The first kappa shape index (κ1) is 9.86. The Hall–Kier alpha value is -0.220. The number of carboxylic acid groups (broad SMARTS) is 1. The Labute approximate surface area is 76.7 Å². The number of hydrogen-bond donors (Lipinski definition) is 2. The van der Waals surface area contributed by atoms with Crippen LogP contribution in [0.15, 0.2) is 0 Å². The zero-order chi connectivity index (χ0) is 9.19. The van der Waals surface area contributed by atoms with E-state index in [9.17, 15) is 4.79 Å². The molecule has 1 atom stereocenters. The van der Waals surface area contributed by atoms with Gasteiger partial charge in [-0.25, -0.2) is 0 Å². The average molecular weight is 189 g/mol. The van der Waals surface area contributed by atoms with Gasteiger partial charge in [-0.3, -0.25) is 4.79 Å². The first-order valence-electron chi connectivity index (χ1n) is 4.18. The quantitative estimate of drug-likeness (QED) is 0.675. The predicted molar refractivity (Wildman–Crippen MR) is 50.3 cm³/mol. The van der Waals surface area contributed by atoms with Gasteiger partial charge < -0.3 is 10.8 Å². The summed E-state index contributed by atoms with van der Waals surface area (Å²) in [6.45, 7) is 2.37. The molecule has 1 aliphatic rings. The second-order valence-electron chi connectivity index (χ2n) is 3.32. The van der Waals surface area contributed by atoms with Crippen molar-refractivity contribution in [1.29, 1.82) is 0 Å². The van der Waals surface area contributed by atoms with Crippen LogP contribution in [0.4, 0.5) is 0 Å². The summed E-state index contributed by atoms with van der Waals surface area (Å²) in [5.41, 5.74) is 5.34. The second-order valence-corrected chi connectivity index (χ2v) is 4.87. The van der Waals surface area contributed by atoms with Crippen LogP contribution in [0.3, 0.4) is 0 Å².